The van der Waals surface area contributed by atoms with E-state index in [1.165, 1.54) is 41.9 Å². The van der Waals surface area contributed by atoms with Crippen LogP contribution in [0.1, 0.15) is 25.3 Å². The number of piperidine rings is 1. The molecule has 1 spiro atoms. The zero-order valence-corrected chi connectivity index (χ0v) is 17.7. The highest BCUT2D eigenvalue weighted by Crippen LogP contribution is 2.61. The topological polar surface area (TPSA) is 36.4 Å². The Bertz CT molecular complexity index is 1100. The molecular formula is C26H29N4+. The van der Waals surface area contributed by atoms with Gasteiger partial charge in [0.2, 0.25) is 0 Å². The predicted molar refractivity (Wildman–Crippen MR) is 123 cm³/mol. The third-order valence-electron chi connectivity index (χ3n) is 8.07. The number of hydrogen-bond donors (Lipinski definition) is 2. The lowest BCUT2D eigenvalue weighted by molar-refractivity contribution is -0.923. The van der Waals surface area contributed by atoms with Crippen molar-refractivity contribution < 1.29 is 4.48 Å². The highest BCUT2D eigenvalue weighted by atomic mass is 15.4. The third kappa shape index (κ3) is 2.28. The molecule has 2 bridgehead atoms. The molecule has 6 rings (SSSR count). The van der Waals surface area contributed by atoms with E-state index in [1.54, 1.807) is 5.57 Å². The molecule has 152 valence electrons. The van der Waals surface area contributed by atoms with Gasteiger partial charge in [0.25, 0.3) is 0 Å². The van der Waals surface area contributed by atoms with Gasteiger partial charge in [-0.2, -0.15) is 0 Å². The second-order valence-corrected chi connectivity index (χ2v) is 9.46. The van der Waals surface area contributed by atoms with Crippen LogP contribution in [0.15, 0.2) is 83.0 Å². The van der Waals surface area contributed by atoms with E-state index >= 15 is 0 Å². The maximum Gasteiger partial charge on any atom is 0.106 e. The Labute approximate surface area is 178 Å². The van der Waals surface area contributed by atoms with E-state index in [0.29, 0.717) is 12.0 Å². The average molecular weight is 398 g/mol. The molecule has 2 aromatic rings. The molecule has 30 heavy (non-hydrogen) atoms. The maximum atomic E-state index is 5.28. The summed E-state index contributed by atoms with van der Waals surface area (Å²) in [5.74, 6) is 0.454. The molecule has 3 heterocycles. The van der Waals surface area contributed by atoms with Crippen molar-refractivity contribution in [2.24, 2.45) is 10.9 Å². The molecule has 0 radical (unpaired) electrons. The van der Waals surface area contributed by atoms with Crippen LogP contribution in [-0.2, 0) is 5.41 Å². The Kier molecular flexibility index (Phi) is 3.79. The summed E-state index contributed by atoms with van der Waals surface area (Å²) in [5, 5.41) is 0. The van der Waals surface area contributed by atoms with Crippen LogP contribution in [0.2, 0.25) is 0 Å². The normalized spacial score (nSPS) is 35.7. The summed E-state index contributed by atoms with van der Waals surface area (Å²) in [4.78, 5) is 5.28. The van der Waals surface area contributed by atoms with Crippen molar-refractivity contribution in [1.82, 2.24) is 5.43 Å². The monoisotopic (exact) mass is 397 g/mol. The average Bonchev–Trinajstić information content (AvgIpc) is 3.29. The Hall–Kier alpha value is -2.85. The molecule has 0 aromatic heterocycles. The number of aliphatic imine (C=N–C) groups is 1. The summed E-state index contributed by atoms with van der Waals surface area (Å²) in [7, 11) is 2.47. The first-order valence-corrected chi connectivity index (χ1v) is 11.1. The zero-order chi connectivity index (χ0) is 20.3. The van der Waals surface area contributed by atoms with E-state index < -0.39 is 0 Å². The number of quaternary nitrogens is 1. The van der Waals surface area contributed by atoms with Crippen LogP contribution >= 0.6 is 0 Å². The molecule has 4 aliphatic rings. The van der Waals surface area contributed by atoms with Crippen LogP contribution in [0.25, 0.3) is 0 Å². The molecule has 2 saturated heterocycles. The number of fused-ring (bicyclic) bond motifs is 2. The van der Waals surface area contributed by atoms with Gasteiger partial charge in [-0.25, -0.2) is 0 Å². The summed E-state index contributed by atoms with van der Waals surface area (Å²) in [6, 6.07) is 19.8. The lowest BCUT2D eigenvalue weighted by Gasteiger charge is -2.52. The number of hydrogen-bond acceptors (Lipinski definition) is 3. The third-order valence-corrected chi connectivity index (χ3v) is 8.07. The maximum absolute atomic E-state index is 5.28. The molecule has 1 saturated carbocycles. The smallest absolute Gasteiger partial charge is 0.106 e. The Morgan fingerprint density at radius 1 is 1.10 bits per heavy atom. The number of para-hydroxylation sites is 2. The highest BCUT2D eigenvalue weighted by molar-refractivity contribution is 6.14. The molecular weight excluding hydrogens is 368 g/mol. The molecule has 1 unspecified atom stereocenters. The summed E-state index contributed by atoms with van der Waals surface area (Å²) in [6.07, 6.45) is 6.95. The number of nitrogens with one attached hydrogen (secondary N) is 2. The Balaban J connectivity index is 1.46. The number of benzene rings is 2. The number of hydrazine groups is 1. The molecule has 3 fully saturated rings. The van der Waals surface area contributed by atoms with Crippen LogP contribution in [0.3, 0.4) is 0 Å². The van der Waals surface area contributed by atoms with Gasteiger partial charge < -0.3 is 15.3 Å². The van der Waals surface area contributed by atoms with Crippen molar-refractivity contribution in [2.45, 2.75) is 31.2 Å². The summed E-state index contributed by atoms with van der Waals surface area (Å²) < 4.78 is 1.16. The first-order chi connectivity index (χ1) is 14.7. The van der Waals surface area contributed by atoms with E-state index in [2.05, 4.69) is 73.5 Å². The summed E-state index contributed by atoms with van der Waals surface area (Å²) in [6.45, 7) is 4.59. The molecule has 1 aliphatic carbocycles. The van der Waals surface area contributed by atoms with Gasteiger partial charge in [-0.15, -0.1) is 0 Å². The van der Waals surface area contributed by atoms with Crippen molar-refractivity contribution in [3.63, 3.8) is 0 Å². The van der Waals surface area contributed by atoms with Gasteiger partial charge in [0, 0.05) is 25.0 Å². The number of rotatable bonds is 3. The lowest BCUT2D eigenvalue weighted by atomic mass is 9.58. The van der Waals surface area contributed by atoms with Gasteiger partial charge in [-0.3, -0.25) is 4.99 Å². The number of allylic oxidation sites excluding steroid dienone is 2. The van der Waals surface area contributed by atoms with Gasteiger partial charge in [-0.05, 0) is 41.8 Å². The van der Waals surface area contributed by atoms with Crippen LogP contribution in [0.4, 0.5) is 11.4 Å². The first kappa shape index (κ1) is 18.0. The van der Waals surface area contributed by atoms with Crippen molar-refractivity contribution in [3.8, 4) is 0 Å². The van der Waals surface area contributed by atoms with Gasteiger partial charge in [0.15, 0.2) is 0 Å². The molecule has 2 N–H and O–H groups in total. The second-order valence-electron chi connectivity index (χ2n) is 9.46. The fourth-order valence-electron chi connectivity index (χ4n) is 6.71. The van der Waals surface area contributed by atoms with Crippen molar-refractivity contribution in [3.05, 3.63) is 83.6 Å². The molecule has 2 aromatic carbocycles. The van der Waals surface area contributed by atoms with E-state index in [4.69, 9.17) is 4.99 Å². The lowest BCUT2D eigenvalue weighted by Crippen LogP contribution is -2.63. The van der Waals surface area contributed by atoms with Crippen molar-refractivity contribution in [1.29, 1.82) is 0 Å². The van der Waals surface area contributed by atoms with E-state index in [0.717, 1.165) is 16.7 Å². The fraction of sp³-hybridized carbons (Fsp3) is 0.346. The van der Waals surface area contributed by atoms with E-state index in [1.807, 2.05) is 18.2 Å². The molecule has 4 nitrogen and oxygen atoms in total. The Morgan fingerprint density at radius 2 is 1.90 bits per heavy atom. The van der Waals surface area contributed by atoms with Crippen molar-refractivity contribution in [2.75, 3.05) is 25.6 Å². The molecule has 4 atom stereocenters. The summed E-state index contributed by atoms with van der Waals surface area (Å²) in [5.41, 5.74) is 14.8. The first-order valence-electron chi connectivity index (χ1n) is 11.1. The summed E-state index contributed by atoms with van der Waals surface area (Å²) >= 11 is 0. The predicted octanol–water partition coefficient (Wildman–Crippen LogP) is 4.71. The van der Waals surface area contributed by atoms with Gasteiger partial charge in [-0.1, -0.05) is 42.5 Å². The molecule has 3 aliphatic heterocycles. The van der Waals surface area contributed by atoms with Gasteiger partial charge >= 0.3 is 0 Å². The second kappa shape index (κ2) is 6.32. The standard InChI is InChI=1S/C26H29N4/c1-3-18-17-30(2)14-13-26-22-11-7-8-12-23(22)28-25(26)21(20(18)15-24(26)30)16-27-29-19-9-5-4-6-10-19/h3-12,16,20,24,27,29H,13-15,17H2,1-2H3/q+1/b18-3-,21-16+/t20-,24-,26+,30?/m0/s1. The molecule has 0 amide bonds. The van der Waals surface area contributed by atoms with E-state index in [-0.39, 0.29) is 5.41 Å². The van der Waals surface area contributed by atoms with E-state index in [9.17, 15) is 0 Å². The van der Waals surface area contributed by atoms with Crippen LogP contribution in [-0.4, -0.2) is 36.4 Å². The van der Waals surface area contributed by atoms with Gasteiger partial charge in [0.05, 0.1) is 36.1 Å². The number of likely N-dealkylation sites (N-methyl/N-ethyl adjacent to an activating group) is 1. The minimum Gasteiger partial charge on any atom is -0.319 e. The number of anilines is 1. The molecule has 4 heteroatoms. The quantitative estimate of drug-likeness (QED) is 0.447. The zero-order valence-electron chi connectivity index (χ0n) is 17.7. The minimum absolute atomic E-state index is 0.0708. The Morgan fingerprint density at radius 3 is 2.73 bits per heavy atom. The van der Waals surface area contributed by atoms with Gasteiger partial charge in [0.1, 0.15) is 12.6 Å². The van der Waals surface area contributed by atoms with Crippen LogP contribution in [0.5, 0.6) is 0 Å². The fourth-order valence-corrected chi connectivity index (χ4v) is 6.71. The van der Waals surface area contributed by atoms with Crippen molar-refractivity contribution >= 4 is 17.1 Å². The SMILES string of the molecule is C/C=C1/C[N+]2(C)CC[C@@]34C(=Nc5ccccc53)/C(=C/NNc3ccccc3)[C@H]1C[C@@H]42. The minimum atomic E-state index is 0.0708. The highest BCUT2D eigenvalue weighted by Gasteiger charge is 2.68. The van der Waals surface area contributed by atoms with Crippen LogP contribution in [0, 0.1) is 5.92 Å². The van der Waals surface area contributed by atoms with Crippen LogP contribution < -0.4 is 10.9 Å². The number of nitrogens with zero attached hydrogens (tertiary/aromatic N) is 2. The largest absolute Gasteiger partial charge is 0.319 e.